The summed E-state index contributed by atoms with van der Waals surface area (Å²) in [5, 5.41) is 10.5. The van der Waals surface area contributed by atoms with E-state index in [1.165, 1.54) is 6.42 Å². The second-order valence-electron chi connectivity index (χ2n) is 5.36. The van der Waals surface area contributed by atoms with Crippen LogP contribution in [0.4, 0.5) is 0 Å². The number of halogens is 1. The number of benzene rings is 1. The second kappa shape index (κ2) is 4.87. The van der Waals surface area contributed by atoms with Crippen molar-refractivity contribution in [1.29, 1.82) is 0 Å². The van der Waals surface area contributed by atoms with Gasteiger partial charge >= 0.3 is 0 Å². The van der Waals surface area contributed by atoms with Gasteiger partial charge in [-0.25, -0.2) is 0 Å². The highest BCUT2D eigenvalue weighted by Gasteiger charge is 2.40. The first-order valence-electron chi connectivity index (χ1n) is 6.69. The molecule has 4 nitrogen and oxygen atoms in total. The SMILES string of the molecule is NCC1(c2c(O)c(Br)cc3c2OCO3)CCCCC1. The monoisotopic (exact) mass is 327 g/mol. The Balaban J connectivity index is 2.17. The summed E-state index contributed by atoms with van der Waals surface area (Å²) in [6, 6.07) is 1.76. The lowest BCUT2D eigenvalue weighted by Crippen LogP contribution is -2.37. The Bertz CT molecular complexity index is 498. The van der Waals surface area contributed by atoms with E-state index in [0.717, 1.165) is 31.2 Å². The van der Waals surface area contributed by atoms with E-state index in [0.29, 0.717) is 22.5 Å². The predicted octanol–water partition coefficient (Wildman–Crippen LogP) is 3.04. The average Bonchev–Trinajstić information content (AvgIpc) is 2.88. The number of phenolic OH excluding ortho intramolecular Hbond substituents is 1. The molecule has 1 heterocycles. The molecule has 104 valence electrons. The largest absolute Gasteiger partial charge is 0.506 e. The van der Waals surface area contributed by atoms with Crippen LogP contribution in [0.5, 0.6) is 17.2 Å². The maximum Gasteiger partial charge on any atom is 0.231 e. The zero-order chi connectivity index (χ0) is 13.5. The highest BCUT2D eigenvalue weighted by atomic mass is 79.9. The molecule has 1 fully saturated rings. The molecule has 0 unspecified atom stereocenters. The van der Waals surface area contributed by atoms with Crippen molar-refractivity contribution in [2.45, 2.75) is 37.5 Å². The van der Waals surface area contributed by atoms with E-state index in [1.54, 1.807) is 6.07 Å². The number of ether oxygens (including phenoxy) is 2. The molecule has 1 aromatic rings. The van der Waals surface area contributed by atoms with Gasteiger partial charge in [-0.1, -0.05) is 19.3 Å². The molecular weight excluding hydrogens is 310 g/mol. The number of hydrogen-bond donors (Lipinski definition) is 2. The summed E-state index contributed by atoms with van der Waals surface area (Å²) in [6.45, 7) is 0.728. The lowest BCUT2D eigenvalue weighted by molar-refractivity contribution is 0.170. The number of hydrogen-bond acceptors (Lipinski definition) is 4. The molecule has 5 heteroatoms. The number of rotatable bonds is 2. The van der Waals surface area contributed by atoms with E-state index >= 15 is 0 Å². The van der Waals surface area contributed by atoms with Crippen LogP contribution in [-0.4, -0.2) is 18.4 Å². The van der Waals surface area contributed by atoms with Gasteiger partial charge in [-0.15, -0.1) is 0 Å². The molecule has 19 heavy (non-hydrogen) atoms. The first-order chi connectivity index (χ1) is 9.18. The maximum absolute atomic E-state index is 10.5. The van der Waals surface area contributed by atoms with Crippen LogP contribution in [-0.2, 0) is 5.41 Å². The quantitative estimate of drug-likeness (QED) is 0.876. The Morgan fingerprint density at radius 2 is 2.00 bits per heavy atom. The standard InChI is InChI=1S/C14H18BrNO3/c15-9-6-10-13(19-8-18-10)11(12(9)17)14(7-16)4-2-1-3-5-14/h6,17H,1-5,7-8,16H2. The molecule has 0 atom stereocenters. The van der Waals surface area contributed by atoms with Crippen molar-refractivity contribution in [2.24, 2.45) is 5.73 Å². The van der Waals surface area contributed by atoms with Crippen molar-refractivity contribution in [3.05, 3.63) is 16.1 Å². The molecule has 0 radical (unpaired) electrons. The summed E-state index contributed by atoms with van der Waals surface area (Å²) in [5.74, 6) is 1.61. The summed E-state index contributed by atoms with van der Waals surface area (Å²) in [5.41, 5.74) is 6.70. The van der Waals surface area contributed by atoms with Gasteiger partial charge in [0.05, 0.1) is 4.47 Å². The van der Waals surface area contributed by atoms with Crippen LogP contribution in [0.2, 0.25) is 0 Å². The van der Waals surface area contributed by atoms with Gasteiger partial charge in [0.25, 0.3) is 0 Å². The van der Waals surface area contributed by atoms with Gasteiger partial charge in [0.2, 0.25) is 6.79 Å². The molecule has 2 aliphatic rings. The average molecular weight is 328 g/mol. The Morgan fingerprint density at radius 1 is 1.26 bits per heavy atom. The Morgan fingerprint density at radius 3 is 2.68 bits per heavy atom. The number of phenols is 1. The van der Waals surface area contributed by atoms with Gasteiger partial charge in [-0.3, -0.25) is 0 Å². The van der Waals surface area contributed by atoms with Crippen molar-refractivity contribution in [3.63, 3.8) is 0 Å². The number of aromatic hydroxyl groups is 1. The molecule has 0 aromatic heterocycles. The van der Waals surface area contributed by atoms with E-state index < -0.39 is 0 Å². The normalized spacial score (nSPS) is 20.5. The summed E-state index contributed by atoms with van der Waals surface area (Å²) in [6.07, 6.45) is 5.49. The molecule has 3 N–H and O–H groups in total. The summed E-state index contributed by atoms with van der Waals surface area (Å²) >= 11 is 3.39. The van der Waals surface area contributed by atoms with Crippen LogP contribution in [0.3, 0.4) is 0 Å². The fraction of sp³-hybridized carbons (Fsp3) is 0.571. The summed E-state index contributed by atoms with van der Waals surface area (Å²) < 4.78 is 11.7. The third kappa shape index (κ3) is 1.99. The van der Waals surface area contributed by atoms with E-state index in [2.05, 4.69) is 15.9 Å². The van der Waals surface area contributed by atoms with Crippen LogP contribution in [0, 0.1) is 0 Å². The minimum absolute atomic E-state index is 0.191. The van der Waals surface area contributed by atoms with Crippen LogP contribution in [0.15, 0.2) is 10.5 Å². The molecular formula is C14H18BrNO3. The van der Waals surface area contributed by atoms with Crippen molar-refractivity contribution in [3.8, 4) is 17.2 Å². The third-order valence-electron chi connectivity index (χ3n) is 4.32. The summed E-state index contributed by atoms with van der Waals surface area (Å²) in [4.78, 5) is 0. The van der Waals surface area contributed by atoms with Crippen molar-refractivity contribution in [2.75, 3.05) is 13.3 Å². The van der Waals surface area contributed by atoms with Crippen molar-refractivity contribution in [1.82, 2.24) is 0 Å². The van der Waals surface area contributed by atoms with Gasteiger partial charge in [0.15, 0.2) is 11.5 Å². The minimum atomic E-state index is -0.191. The molecule has 1 aromatic carbocycles. The van der Waals surface area contributed by atoms with Crippen LogP contribution in [0.1, 0.15) is 37.7 Å². The van der Waals surface area contributed by atoms with Gasteiger partial charge < -0.3 is 20.3 Å². The number of nitrogens with two attached hydrogens (primary N) is 1. The smallest absolute Gasteiger partial charge is 0.231 e. The van der Waals surface area contributed by atoms with E-state index in [4.69, 9.17) is 15.2 Å². The first kappa shape index (κ1) is 13.1. The molecule has 0 saturated heterocycles. The van der Waals surface area contributed by atoms with Crippen LogP contribution < -0.4 is 15.2 Å². The molecule has 1 aliphatic heterocycles. The lowest BCUT2D eigenvalue weighted by atomic mass is 9.68. The Kier molecular flexibility index (Phi) is 3.35. The lowest BCUT2D eigenvalue weighted by Gasteiger charge is -2.37. The van der Waals surface area contributed by atoms with Gasteiger partial charge in [-0.2, -0.15) is 0 Å². The Labute approximate surface area is 121 Å². The van der Waals surface area contributed by atoms with Gasteiger partial charge in [0.1, 0.15) is 5.75 Å². The zero-order valence-electron chi connectivity index (χ0n) is 10.7. The maximum atomic E-state index is 10.5. The van der Waals surface area contributed by atoms with E-state index in [-0.39, 0.29) is 18.0 Å². The minimum Gasteiger partial charge on any atom is -0.506 e. The van der Waals surface area contributed by atoms with Crippen LogP contribution >= 0.6 is 15.9 Å². The fourth-order valence-corrected chi connectivity index (χ4v) is 3.68. The molecule has 0 spiro atoms. The first-order valence-corrected chi connectivity index (χ1v) is 7.49. The predicted molar refractivity (Wildman–Crippen MR) is 75.7 cm³/mol. The highest BCUT2D eigenvalue weighted by Crippen LogP contribution is 2.53. The third-order valence-corrected chi connectivity index (χ3v) is 4.93. The van der Waals surface area contributed by atoms with Gasteiger partial charge in [-0.05, 0) is 28.8 Å². The zero-order valence-corrected chi connectivity index (χ0v) is 12.3. The molecule has 1 aliphatic carbocycles. The van der Waals surface area contributed by atoms with Crippen molar-refractivity contribution >= 4 is 15.9 Å². The molecule has 0 amide bonds. The topological polar surface area (TPSA) is 64.7 Å². The number of fused-ring (bicyclic) bond motifs is 1. The van der Waals surface area contributed by atoms with Gasteiger partial charge in [0, 0.05) is 23.6 Å². The Hall–Kier alpha value is -0.940. The van der Waals surface area contributed by atoms with Crippen LogP contribution in [0.25, 0.3) is 0 Å². The summed E-state index contributed by atoms with van der Waals surface area (Å²) in [7, 11) is 0. The highest BCUT2D eigenvalue weighted by molar-refractivity contribution is 9.10. The van der Waals surface area contributed by atoms with E-state index in [9.17, 15) is 5.11 Å². The second-order valence-corrected chi connectivity index (χ2v) is 6.22. The molecule has 1 saturated carbocycles. The van der Waals surface area contributed by atoms with Crippen molar-refractivity contribution < 1.29 is 14.6 Å². The molecule has 0 bridgehead atoms. The molecule has 3 rings (SSSR count). The van der Waals surface area contributed by atoms with E-state index in [1.807, 2.05) is 0 Å². The fourth-order valence-electron chi connectivity index (χ4n) is 3.28.